The van der Waals surface area contributed by atoms with Gasteiger partial charge >= 0.3 is 0 Å². The molecule has 0 saturated heterocycles. The zero-order valence-corrected chi connectivity index (χ0v) is 10.9. The van der Waals surface area contributed by atoms with Crippen molar-refractivity contribution in [2.24, 2.45) is 11.7 Å². The van der Waals surface area contributed by atoms with Crippen LogP contribution in [0.2, 0.25) is 0 Å². The molecule has 4 heteroatoms. The molecule has 2 N–H and O–H groups in total. The van der Waals surface area contributed by atoms with Crippen molar-refractivity contribution in [3.05, 3.63) is 21.9 Å². The molecule has 2 aliphatic rings. The van der Waals surface area contributed by atoms with Crippen LogP contribution in [0.25, 0.3) is 0 Å². The molecule has 1 aromatic rings. The van der Waals surface area contributed by atoms with Crippen LogP contribution < -0.4 is 5.73 Å². The first-order chi connectivity index (χ1) is 8.18. The normalized spacial score (nSPS) is 25.5. The van der Waals surface area contributed by atoms with Gasteiger partial charge in [-0.05, 0) is 49.1 Å². The summed E-state index contributed by atoms with van der Waals surface area (Å²) in [6, 6.07) is 2.13. The molecule has 3 nitrogen and oxygen atoms in total. The second kappa shape index (κ2) is 4.10. The fourth-order valence-corrected chi connectivity index (χ4v) is 3.69. The minimum absolute atomic E-state index is 0.110. The van der Waals surface area contributed by atoms with E-state index < -0.39 is 0 Å². The summed E-state index contributed by atoms with van der Waals surface area (Å²) in [5.74, 6) is 0.782. The molecule has 0 spiro atoms. The first kappa shape index (κ1) is 11.2. The van der Waals surface area contributed by atoms with Crippen LogP contribution >= 0.6 is 11.3 Å². The highest BCUT2D eigenvalue weighted by Gasteiger charge is 2.42. The number of hydrogen-bond donors (Lipinski definition) is 1. The van der Waals surface area contributed by atoms with Gasteiger partial charge in [0, 0.05) is 11.4 Å². The van der Waals surface area contributed by atoms with Gasteiger partial charge in [0.15, 0.2) is 0 Å². The first-order valence-corrected chi connectivity index (χ1v) is 7.19. The Bertz CT molecular complexity index is 436. The molecule has 1 aromatic heterocycles. The fourth-order valence-electron chi connectivity index (χ4n) is 2.78. The number of carbonyl (C=O) groups is 1. The van der Waals surface area contributed by atoms with Crippen LogP contribution in [0.5, 0.6) is 0 Å². The molecule has 2 heterocycles. The van der Waals surface area contributed by atoms with Crippen LogP contribution in [-0.4, -0.2) is 23.4 Å². The summed E-state index contributed by atoms with van der Waals surface area (Å²) in [7, 11) is 0. The molecular formula is C13H18N2OS. The minimum Gasteiger partial charge on any atom is -0.334 e. The zero-order valence-electron chi connectivity index (χ0n) is 10.1. The van der Waals surface area contributed by atoms with E-state index in [1.807, 2.05) is 16.2 Å². The fraction of sp³-hybridized carbons (Fsp3) is 0.615. The second-order valence-corrected chi connectivity index (χ2v) is 6.15. The molecule has 2 atom stereocenters. The topological polar surface area (TPSA) is 46.3 Å². The number of fused-ring (bicyclic) bond motifs is 1. The number of carbonyl (C=O) groups excluding carboxylic acids is 1. The van der Waals surface area contributed by atoms with Gasteiger partial charge in [-0.1, -0.05) is 0 Å². The number of rotatable bonds is 2. The van der Waals surface area contributed by atoms with Crippen molar-refractivity contribution in [2.75, 3.05) is 6.54 Å². The molecule has 1 unspecified atom stereocenters. The Morgan fingerprint density at radius 1 is 1.59 bits per heavy atom. The third-order valence-corrected chi connectivity index (χ3v) is 4.75. The van der Waals surface area contributed by atoms with Crippen molar-refractivity contribution in [2.45, 2.75) is 38.3 Å². The van der Waals surface area contributed by atoms with Crippen LogP contribution in [0, 0.1) is 5.92 Å². The molecule has 17 heavy (non-hydrogen) atoms. The van der Waals surface area contributed by atoms with Gasteiger partial charge in [-0.25, -0.2) is 0 Å². The summed E-state index contributed by atoms with van der Waals surface area (Å²) >= 11 is 1.83. The van der Waals surface area contributed by atoms with E-state index in [2.05, 4.69) is 11.4 Å². The summed E-state index contributed by atoms with van der Waals surface area (Å²) in [6.07, 6.45) is 3.50. The highest BCUT2D eigenvalue weighted by Crippen LogP contribution is 2.48. The van der Waals surface area contributed by atoms with E-state index in [9.17, 15) is 4.79 Å². The van der Waals surface area contributed by atoms with Crippen molar-refractivity contribution in [3.63, 3.8) is 0 Å². The molecular weight excluding hydrogens is 232 g/mol. The van der Waals surface area contributed by atoms with E-state index in [-0.39, 0.29) is 11.9 Å². The maximum atomic E-state index is 12.2. The van der Waals surface area contributed by atoms with Gasteiger partial charge in [-0.2, -0.15) is 0 Å². The van der Waals surface area contributed by atoms with Crippen LogP contribution in [0.3, 0.4) is 0 Å². The van der Waals surface area contributed by atoms with Gasteiger partial charge in [0.05, 0.1) is 12.1 Å². The summed E-state index contributed by atoms with van der Waals surface area (Å²) in [5.41, 5.74) is 7.14. The predicted molar refractivity (Wildman–Crippen MR) is 68.9 cm³/mol. The average Bonchev–Trinajstić information content (AvgIpc) is 3.03. The summed E-state index contributed by atoms with van der Waals surface area (Å²) in [4.78, 5) is 15.7. The second-order valence-electron chi connectivity index (χ2n) is 5.15. The Hall–Kier alpha value is -0.870. The number of amides is 1. The quantitative estimate of drug-likeness (QED) is 0.872. The lowest BCUT2D eigenvalue weighted by Crippen LogP contribution is -2.47. The van der Waals surface area contributed by atoms with Gasteiger partial charge in [-0.15, -0.1) is 11.3 Å². The Balaban J connectivity index is 1.93. The lowest BCUT2D eigenvalue weighted by atomic mass is 9.95. The van der Waals surface area contributed by atoms with Gasteiger partial charge in [0.1, 0.15) is 0 Å². The van der Waals surface area contributed by atoms with Gasteiger partial charge < -0.3 is 10.6 Å². The van der Waals surface area contributed by atoms with E-state index >= 15 is 0 Å². The molecule has 0 bridgehead atoms. The van der Waals surface area contributed by atoms with Crippen LogP contribution in [0.1, 0.15) is 36.2 Å². The van der Waals surface area contributed by atoms with Crippen molar-refractivity contribution in [3.8, 4) is 0 Å². The summed E-state index contributed by atoms with van der Waals surface area (Å²) < 4.78 is 0. The van der Waals surface area contributed by atoms with Crippen LogP contribution in [-0.2, 0) is 11.2 Å². The van der Waals surface area contributed by atoms with Crippen molar-refractivity contribution < 1.29 is 4.79 Å². The molecule has 3 rings (SSSR count). The van der Waals surface area contributed by atoms with E-state index in [0.29, 0.717) is 12.0 Å². The Morgan fingerprint density at radius 3 is 3.00 bits per heavy atom. The first-order valence-electron chi connectivity index (χ1n) is 6.31. The maximum absolute atomic E-state index is 12.2. The number of hydrogen-bond acceptors (Lipinski definition) is 3. The molecule has 1 aliphatic heterocycles. The third-order valence-electron chi connectivity index (χ3n) is 3.76. The van der Waals surface area contributed by atoms with Crippen molar-refractivity contribution >= 4 is 17.2 Å². The summed E-state index contributed by atoms with van der Waals surface area (Å²) in [6.45, 7) is 2.63. The highest BCUT2D eigenvalue weighted by molar-refractivity contribution is 7.10. The van der Waals surface area contributed by atoms with E-state index in [1.54, 1.807) is 6.92 Å². The third kappa shape index (κ3) is 1.89. The Morgan fingerprint density at radius 2 is 2.35 bits per heavy atom. The van der Waals surface area contributed by atoms with E-state index in [0.717, 1.165) is 13.0 Å². The largest absolute Gasteiger partial charge is 0.334 e. The Labute approximate surface area is 106 Å². The average molecular weight is 250 g/mol. The highest BCUT2D eigenvalue weighted by atomic mass is 32.1. The monoisotopic (exact) mass is 250 g/mol. The molecule has 0 radical (unpaired) electrons. The number of nitrogens with two attached hydrogens (primary N) is 1. The van der Waals surface area contributed by atoms with Gasteiger partial charge in [0.25, 0.3) is 0 Å². The lowest BCUT2D eigenvalue weighted by molar-refractivity contribution is -0.135. The van der Waals surface area contributed by atoms with Crippen LogP contribution in [0.4, 0.5) is 0 Å². The van der Waals surface area contributed by atoms with Crippen LogP contribution in [0.15, 0.2) is 11.4 Å². The molecule has 1 amide bonds. The van der Waals surface area contributed by atoms with Crippen molar-refractivity contribution in [1.29, 1.82) is 0 Å². The van der Waals surface area contributed by atoms with E-state index in [4.69, 9.17) is 5.73 Å². The molecule has 1 aliphatic carbocycles. The van der Waals surface area contributed by atoms with Gasteiger partial charge in [-0.3, -0.25) is 4.79 Å². The molecule has 1 saturated carbocycles. The molecule has 92 valence electrons. The lowest BCUT2D eigenvalue weighted by Gasteiger charge is -2.37. The van der Waals surface area contributed by atoms with E-state index in [1.165, 1.54) is 23.3 Å². The van der Waals surface area contributed by atoms with Crippen molar-refractivity contribution in [1.82, 2.24) is 4.90 Å². The summed E-state index contributed by atoms with van der Waals surface area (Å²) in [5, 5.41) is 2.15. The van der Waals surface area contributed by atoms with Gasteiger partial charge in [0.2, 0.25) is 5.91 Å². The predicted octanol–water partition coefficient (Wildman–Crippen LogP) is 1.93. The molecule has 0 aromatic carbocycles. The zero-order chi connectivity index (χ0) is 12.0. The standard InChI is InChI=1S/C13H18N2OS/c1-8(14)13(16)15-6-4-11-10(5-7-17-11)12(15)9-2-3-9/h5,7-9,12H,2-4,6,14H2,1H3/t8-,12?/m1/s1. The number of thiophene rings is 1. The maximum Gasteiger partial charge on any atom is 0.239 e. The Kier molecular flexibility index (Phi) is 2.71. The minimum atomic E-state index is -0.378. The number of nitrogens with zero attached hydrogens (tertiary/aromatic N) is 1. The molecule has 1 fully saturated rings. The smallest absolute Gasteiger partial charge is 0.239 e. The SMILES string of the molecule is C[C@@H](N)C(=O)N1CCc2sccc2C1C1CC1.